The zero-order chi connectivity index (χ0) is 13.7. The van der Waals surface area contributed by atoms with Gasteiger partial charge in [0.2, 0.25) is 0 Å². The highest BCUT2D eigenvalue weighted by molar-refractivity contribution is 7.99. The van der Waals surface area contributed by atoms with E-state index in [1.165, 1.54) is 11.8 Å². The van der Waals surface area contributed by atoms with Crippen LogP contribution in [0.2, 0.25) is 0 Å². The average molecular weight is 266 g/mol. The zero-order valence-corrected chi connectivity index (χ0v) is 11.1. The summed E-state index contributed by atoms with van der Waals surface area (Å²) in [6.45, 7) is 0. The van der Waals surface area contributed by atoms with Crippen molar-refractivity contribution in [2.45, 2.75) is 9.79 Å². The van der Waals surface area contributed by atoms with Gasteiger partial charge < -0.3 is 4.74 Å². The lowest BCUT2D eigenvalue weighted by molar-refractivity contribution is 0.414. The molecular formula is C15H10N2OS. The molecule has 0 unspecified atom stereocenters. The SMILES string of the molecule is COc1ccc(Sc2cc(C#N)ccc2C#N)cc1. The number of nitrogens with zero attached hydrogens (tertiary/aromatic N) is 2. The maximum Gasteiger partial charge on any atom is 0.118 e. The fourth-order valence-electron chi connectivity index (χ4n) is 1.54. The first kappa shape index (κ1) is 13.0. The van der Waals surface area contributed by atoms with Gasteiger partial charge in [0.05, 0.1) is 24.3 Å². The molecule has 0 aliphatic carbocycles. The van der Waals surface area contributed by atoms with Gasteiger partial charge in [-0.05, 0) is 42.5 Å². The number of hydrogen-bond donors (Lipinski definition) is 0. The van der Waals surface area contributed by atoms with E-state index < -0.39 is 0 Å². The summed E-state index contributed by atoms with van der Waals surface area (Å²) in [5.41, 5.74) is 1.12. The summed E-state index contributed by atoms with van der Waals surface area (Å²) < 4.78 is 5.10. The summed E-state index contributed by atoms with van der Waals surface area (Å²) in [7, 11) is 1.62. The lowest BCUT2D eigenvalue weighted by Gasteiger charge is -2.05. The predicted octanol–water partition coefficient (Wildman–Crippen LogP) is 3.59. The van der Waals surface area contributed by atoms with Gasteiger partial charge in [0.25, 0.3) is 0 Å². The Hall–Kier alpha value is -2.43. The van der Waals surface area contributed by atoms with Crippen molar-refractivity contribution in [3.8, 4) is 17.9 Å². The van der Waals surface area contributed by atoms with Gasteiger partial charge in [-0.1, -0.05) is 11.8 Å². The summed E-state index contributed by atoms with van der Waals surface area (Å²) in [5.74, 6) is 0.788. The van der Waals surface area contributed by atoms with E-state index in [0.29, 0.717) is 11.1 Å². The molecule has 0 heterocycles. The van der Waals surface area contributed by atoms with Crippen LogP contribution < -0.4 is 4.74 Å². The highest BCUT2D eigenvalue weighted by Gasteiger charge is 2.06. The molecule has 0 N–H and O–H groups in total. The summed E-state index contributed by atoms with van der Waals surface area (Å²) in [6.07, 6.45) is 0. The average Bonchev–Trinajstić information content (AvgIpc) is 2.48. The van der Waals surface area contributed by atoms with Crippen LogP contribution in [0.3, 0.4) is 0 Å². The number of methoxy groups -OCH3 is 1. The Bertz CT molecular complexity index is 666. The van der Waals surface area contributed by atoms with E-state index in [9.17, 15) is 0 Å². The fourth-order valence-corrected chi connectivity index (χ4v) is 2.48. The monoisotopic (exact) mass is 266 g/mol. The Morgan fingerprint density at radius 2 is 1.74 bits per heavy atom. The van der Waals surface area contributed by atoms with Gasteiger partial charge in [0.1, 0.15) is 11.8 Å². The Kier molecular flexibility index (Phi) is 4.07. The predicted molar refractivity (Wildman–Crippen MR) is 73.0 cm³/mol. The fraction of sp³-hybridized carbons (Fsp3) is 0.0667. The third kappa shape index (κ3) is 3.07. The van der Waals surface area contributed by atoms with Crippen molar-refractivity contribution >= 4 is 11.8 Å². The summed E-state index contributed by atoms with van der Waals surface area (Å²) in [5, 5.41) is 18.0. The molecule has 19 heavy (non-hydrogen) atoms. The Balaban J connectivity index is 2.31. The first-order valence-corrected chi connectivity index (χ1v) is 6.34. The molecule has 92 valence electrons. The Morgan fingerprint density at radius 1 is 1.00 bits per heavy atom. The van der Waals surface area contributed by atoms with E-state index in [1.54, 1.807) is 25.3 Å². The van der Waals surface area contributed by atoms with Gasteiger partial charge in [-0.25, -0.2) is 0 Å². The van der Waals surface area contributed by atoms with Gasteiger partial charge in [-0.15, -0.1) is 0 Å². The maximum atomic E-state index is 9.08. The first-order chi connectivity index (χ1) is 9.26. The Morgan fingerprint density at radius 3 is 2.32 bits per heavy atom. The lowest BCUT2D eigenvalue weighted by Crippen LogP contribution is -1.85. The third-order valence-corrected chi connectivity index (χ3v) is 3.58. The molecule has 3 nitrogen and oxygen atoms in total. The van der Waals surface area contributed by atoms with Gasteiger partial charge in [-0.2, -0.15) is 10.5 Å². The van der Waals surface area contributed by atoms with Crippen LogP contribution in [0, 0.1) is 22.7 Å². The molecule has 0 saturated carbocycles. The van der Waals surface area contributed by atoms with E-state index in [-0.39, 0.29) is 0 Å². The molecule has 0 aromatic heterocycles. The van der Waals surface area contributed by atoms with Crippen LogP contribution in [0.15, 0.2) is 52.3 Å². The maximum absolute atomic E-state index is 9.08. The van der Waals surface area contributed by atoms with Crippen molar-refractivity contribution < 1.29 is 4.74 Å². The number of rotatable bonds is 3. The minimum atomic E-state index is 0.551. The Labute approximate surface area is 116 Å². The molecule has 0 spiro atoms. The second-order valence-corrected chi connectivity index (χ2v) is 4.83. The van der Waals surface area contributed by atoms with E-state index in [1.807, 2.05) is 24.3 Å². The molecule has 2 aromatic rings. The molecule has 4 heteroatoms. The van der Waals surface area contributed by atoms with Gasteiger partial charge in [0, 0.05) is 9.79 Å². The van der Waals surface area contributed by atoms with Crippen LogP contribution in [0.25, 0.3) is 0 Å². The van der Waals surface area contributed by atoms with Gasteiger partial charge in [-0.3, -0.25) is 0 Å². The minimum absolute atomic E-state index is 0.551. The quantitative estimate of drug-likeness (QED) is 0.851. The van der Waals surface area contributed by atoms with Gasteiger partial charge >= 0.3 is 0 Å². The molecule has 0 fully saturated rings. The molecule has 0 radical (unpaired) electrons. The van der Waals surface area contributed by atoms with Crippen molar-refractivity contribution in [1.29, 1.82) is 10.5 Å². The normalized spacial score (nSPS) is 9.42. The zero-order valence-electron chi connectivity index (χ0n) is 10.3. The minimum Gasteiger partial charge on any atom is -0.497 e. The smallest absolute Gasteiger partial charge is 0.118 e. The van der Waals surface area contributed by atoms with Crippen LogP contribution in [-0.4, -0.2) is 7.11 Å². The van der Waals surface area contributed by atoms with E-state index in [0.717, 1.165) is 15.5 Å². The molecule has 2 rings (SSSR count). The number of nitriles is 2. The van der Waals surface area contributed by atoms with Gasteiger partial charge in [0.15, 0.2) is 0 Å². The van der Waals surface area contributed by atoms with Crippen LogP contribution in [0.1, 0.15) is 11.1 Å². The summed E-state index contributed by atoms with van der Waals surface area (Å²) >= 11 is 1.46. The largest absolute Gasteiger partial charge is 0.497 e. The second-order valence-electron chi connectivity index (χ2n) is 3.71. The molecule has 0 bridgehead atoms. The van der Waals surface area contributed by atoms with Crippen molar-refractivity contribution in [3.63, 3.8) is 0 Å². The molecule has 0 aliphatic rings. The number of hydrogen-bond acceptors (Lipinski definition) is 4. The second kappa shape index (κ2) is 5.95. The number of ether oxygens (including phenoxy) is 1. The highest BCUT2D eigenvalue weighted by Crippen LogP contribution is 2.31. The van der Waals surface area contributed by atoms with Crippen LogP contribution in [0.5, 0.6) is 5.75 Å². The van der Waals surface area contributed by atoms with Crippen LogP contribution in [0.4, 0.5) is 0 Å². The van der Waals surface area contributed by atoms with Crippen LogP contribution >= 0.6 is 11.8 Å². The number of benzene rings is 2. The molecular weight excluding hydrogens is 256 g/mol. The standard InChI is InChI=1S/C15H10N2OS/c1-18-13-4-6-14(7-5-13)19-15-8-11(9-16)2-3-12(15)10-17/h2-8H,1H3. The molecule has 0 aliphatic heterocycles. The van der Waals surface area contributed by atoms with Crippen molar-refractivity contribution in [2.24, 2.45) is 0 Å². The molecule has 0 amide bonds. The van der Waals surface area contributed by atoms with Crippen LogP contribution in [-0.2, 0) is 0 Å². The van der Waals surface area contributed by atoms with Crippen molar-refractivity contribution in [2.75, 3.05) is 7.11 Å². The van der Waals surface area contributed by atoms with Crippen molar-refractivity contribution in [3.05, 3.63) is 53.6 Å². The highest BCUT2D eigenvalue weighted by atomic mass is 32.2. The lowest BCUT2D eigenvalue weighted by atomic mass is 10.2. The van der Waals surface area contributed by atoms with E-state index >= 15 is 0 Å². The topological polar surface area (TPSA) is 56.8 Å². The molecule has 2 aromatic carbocycles. The molecule has 0 saturated heterocycles. The third-order valence-electron chi connectivity index (χ3n) is 2.52. The first-order valence-electron chi connectivity index (χ1n) is 5.53. The van der Waals surface area contributed by atoms with Crippen molar-refractivity contribution in [1.82, 2.24) is 0 Å². The summed E-state index contributed by atoms with van der Waals surface area (Å²) in [6, 6.07) is 16.8. The molecule has 0 atom stereocenters. The summed E-state index contributed by atoms with van der Waals surface area (Å²) in [4.78, 5) is 1.78. The van der Waals surface area contributed by atoms with E-state index in [2.05, 4.69) is 12.1 Å². The van der Waals surface area contributed by atoms with E-state index in [4.69, 9.17) is 15.3 Å².